The molecule has 8 heteroatoms. The van der Waals surface area contributed by atoms with Gasteiger partial charge in [-0.25, -0.2) is 9.59 Å². The van der Waals surface area contributed by atoms with Crippen LogP contribution in [0.4, 0.5) is 18.0 Å². The number of alkyl halides is 3. The van der Waals surface area contributed by atoms with E-state index < -0.39 is 18.3 Å². The van der Waals surface area contributed by atoms with Gasteiger partial charge in [0.25, 0.3) is 0 Å². The highest BCUT2D eigenvalue weighted by Crippen LogP contribution is 2.13. The summed E-state index contributed by atoms with van der Waals surface area (Å²) in [6.07, 6.45) is -6.33. The number of ether oxygens (including phenoxy) is 1. The first-order chi connectivity index (χ1) is 5.21. The average molecular weight is 190 g/mol. The number of carboxylic acid groups (broad SMARTS) is 2. The largest absolute Gasteiger partial charge is 0.505 e. The second kappa shape index (κ2) is 5.22. The zero-order valence-electron chi connectivity index (χ0n) is 5.75. The molecule has 2 N–H and O–H groups in total. The average Bonchev–Trinajstić information content (AvgIpc) is 1.87. The molecular formula is C4H5F3O5. The normalized spacial score (nSPS) is 9.33. The lowest BCUT2D eigenvalue weighted by molar-refractivity contribution is -0.192. The van der Waals surface area contributed by atoms with E-state index in [9.17, 15) is 13.2 Å². The summed E-state index contributed by atoms with van der Waals surface area (Å²) < 4.78 is 35.4. The minimum absolute atomic E-state index is 1.10. The fourth-order valence-electron chi connectivity index (χ4n) is 0. The third-order valence-electron chi connectivity index (χ3n) is 0.417. The van der Waals surface area contributed by atoms with E-state index in [4.69, 9.17) is 19.8 Å². The van der Waals surface area contributed by atoms with Gasteiger partial charge >= 0.3 is 18.3 Å². The van der Waals surface area contributed by atoms with Crippen LogP contribution in [-0.2, 0) is 9.53 Å². The number of rotatable bonds is 0. The lowest BCUT2D eigenvalue weighted by Crippen LogP contribution is -2.21. The molecule has 0 saturated heterocycles. The number of hydrogen-bond acceptors (Lipinski definition) is 3. The summed E-state index contributed by atoms with van der Waals surface area (Å²) in [5, 5.41) is 14.6. The van der Waals surface area contributed by atoms with Gasteiger partial charge in [-0.15, -0.1) is 0 Å². The van der Waals surface area contributed by atoms with Crippen molar-refractivity contribution in [2.24, 2.45) is 0 Å². The van der Waals surface area contributed by atoms with Crippen molar-refractivity contribution >= 4 is 12.1 Å². The van der Waals surface area contributed by atoms with Crippen molar-refractivity contribution in [1.82, 2.24) is 0 Å². The molecule has 5 nitrogen and oxygen atoms in total. The van der Waals surface area contributed by atoms with Crippen LogP contribution in [0.15, 0.2) is 0 Å². The van der Waals surface area contributed by atoms with Gasteiger partial charge in [-0.05, 0) is 0 Å². The maximum atomic E-state index is 10.6. The van der Waals surface area contributed by atoms with E-state index in [-0.39, 0.29) is 0 Å². The van der Waals surface area contributed by atoms with Crippen LogP contribution >= 0.6 is 0 Å². The highest BCUT2D eigenvalue weighted by molar-refractivity contribution is 5.73. The van der Waals surface area contributed by atoms with Crippen LogP contribution in [0.1, 0.15) is 0 Å². The predicted octanol–water partition coefficient (Wildman–Crippen LogP) is 0.944. The monoisotopic (exact) mass is 190 g/mol. The molecule has 0 bridgehead atoms. The Labute approximate surface area is 64.4 Å². The molecule has 0 aromatic rings. The van der Waals surface area contributed by atoms with E-state index in [1.807, 2.05) is 0 Å². The molecule has 0 rings (SSSR count). The van der Waals surface area contributed by atoms with Crippen LogP contribution in [0.3, 0.4) is 0 Å². The second-order valence-electron chi connectivity index (χ2n) is 1.27. The molecule has 0 aliphatic carbocycles. The van der Waals surface area contributed by atoms with Crippen molar-refractivity contribution < 1.29 is 37.7 Å². The summed E-state index contributed by atoms with van der Waals surface area (Å²) in [4.78, 5) is 18.0. The Morgan fingerprint density at radius 2 is 1.42 bits per heavy atom. The number of carboxylic acids is 1. The van der Waals surface area contributed by atoms with Crippen molar-refractivity contribution in [1.29, 1.82) is 0 Å². The molecule has 0 fully saturated rings. The maximum absolute atomic E-state index is 10.6. The quantitative estimate of drug-likeness (QED) is 0.555. The third-order valence-corrected chi connectivity index (χ3v) is 0.417. The highest BCUT2D eigenvalue weighted by atomic mass is 19.4. The third kappa shape index (κ3) is 11.3. The molecule has 0 heterocycles. The van der Waals surface area contributed by atoms with Crippen molar-refractivity contribution in [2.45, 2.75) is 6.18 Å². The Hall–Kier alpha value is -1.47. The minimum Gasteiger partial charge on any atom is -0.475 e. The molecular weight excluding hydrogens is 185 g/mol. The predicted molar refractivity (Wildman–Crippen MR) is 28.7 cm³/mol. The molecule has 0 aromatic carbocycles. The van der Waals surface area contributed by atoms with Gasteiger partial charge < -0.3 is 14.9 Å². The van der Waals surface area contributed by atoms with Gasteiger partial charge in [-0.2, -0.15) is 13.2 Å². The Balaban J connectivity index is 0. The summed E-state index contributed by atoms with van der Waals surface area (Å²) in [5.74, 6) is -2.76. The second-order valence-corrected chi connectivity index (χ2v) is 1.27. The number of aliphatic carboxylic acids is 1. The van der Waals surface area contributed by atoms with Gasteiger partial charge in [0.1, 0.15) is 0 Å². The van der Waals surface area contributed by atoms with Crippen LogP contribution < -0.4 is 0 Å². The molecule has 0 aliphatic heterocycles. The smallest absolute Gasteiger partial charge is 0.475 e. The van der Waals surface area contributed by atoms with Gasteiger partial charge in [0, 0.05) is 0 Å². The molecule has 0 radical (unpaired) electrons. The topological polar surface area (TPSA) is 83.8 Å². The van der Waals surface area contributed by atoms with E-state index in [2.05, 4.69) is 4.74 Å². The van der Waals surface area contributed by atoms with Gasteiger partial charge in [0.2, 0.25) is 0 Å². The van der Waals surface area contributed by atoms with Crippen LogP contribution in [0.5, 0.6) is 0 Å². The SMILES string of the molecule is COC(=O)O.O=C(O)C(F)(F)F. The molecule has 0 aromatic heterocycles. The van der Waals surface area contributed by atoms with Crippen LogP contribution in [0, 0.1) is 0 Å². The summed E-state index contributed by atoms with van der Waals surface area (Å²) in [7, 11) is 1.10. The molecule has 0 spiro atoms. The fourth-order valence-corrected chi connectivity index (χ4v) is 0. The number of methoxy groups -OCH3 is 1. The Morgan fingerprint density at radius 3 is 1.42 bits per heavy atom. The zero-order valence-corrected chi connectivity index (χ0v) is 5.75. The first-order valence-electron chi connectivity index (χ1n) is 2.28. The van der Waals surface area contributed by atoms with E-state index in [0.717, 1.165) is 7.11 Å². The molecule has 0 amide bonds. The number of hydrogen-bond donors (Lipinski definition) is 2. The van der Waals surface area contributed by atoms with E-state index in [1.165, 1.54) is 0 Å². The number of halogens is 3. The molecule has 0 atom stereocenters. The first kappa shape index (κ1) is 13.1. The minimum atomic E-state index is -5.08. The molecule has 72 valence electrons. The first-order valence-corrected chi connectivity index (χ1v) is 2.28. The fraction of sp³-hybridized carbons (Fsp3) is 0.500. The van der Waals surface area contributed by atoms with Gasteiger partial charge in [0.15, 0.2) is 0 Å². The summed E-state index contributed by atoms with van der Waals surface area (Å²) >= 11 is 0. The Morgan fingerprint density at radius 1 is 1.25 bits per heavy atom. The van der Waals surface area contributed by atoms with Crippen molar-refractivity contribution in [3.8, 4) is 0 Å². The Bertz CT molecular complexity index is 163. The van der Waals surface area contributed by atoms with Gasteiger partial charge in [-0.3, -0.25) is 0 Å². The van der Waals surface area contributed by atoms with E-state index in [1.54, 1.807) is 0 Å². The Kier molecular flexibility index (Phi) is 5.71. The van der Waals surface area contributed by atoms with Crippen molar-refractivity contribution in [3.63, 3.8) is 0 Å². The van der Waals surface area contributed by atoms with Crippen molar-refractivity contribution in [3.05, 3.63) is 0 Å². The lowest BCUT2D eigenvalue weighted by Gasteiger charge is -1.93. The summed E-state index contributed by atoms with van der Waals surface area (Å²) in [6.45, 7) is 0. The van der Waals surface area contributed by atoms with Crippen molar-refractivity contribution in [2.75, 3.05) is 7.11 Å². The van der Waals surface area contributed by atoms with Crippen LogP contribution in [-0.4, -0.2) is 35.6 Å². The zero-order chi connectivity index (χ0) is 10.4. The van der Waals surface area contributed by atoms with E-state index >= 15 is 0 Å². The maximum Gasteiger partial charge on any atom is 0.505 e. The summed E-state index contributed by atoms with van der Waals surface area (Å²) in [6, 6.07) is 0. The summed E-state index contributed by atoms with van der Waals surface area (Å²) in [5.41, 5.74) is 0. The van der Waals surface area contributed by atoms with Crippen LogP contribution in [0.2, 0.25) is 0 Å². The highest BCUT2D eigenvalue weighted by Gasteiger charge is 2.38. The molecule has 0 aliphatic rings. The van der Waals surface area contributed by atoms with Gasteiger partial charge in [-0.1, -0.05) is 0 Å². The number of carbonyl (C=O) groups is 2. The molecule has 0 saturated carbocycles. The standard InChI is InChI=1S/C2HF3O2.C2H4O3/c3-2(4,5)1(6)7;1-5-2(3)4/h(H,6,7);1H3,(H,3,4). The lowest BCUT2D eigenvalue weighted by atomic mass is 10.7. The molecule has 12 heavy (non-hydrogen) atoms. The van der Waals surface area contributed by atoms with Crippen LogP contribution in [0.25, 0.3) is 0 Å². The molecule has 0 unspecified atom stereocenters. The van der Waals surface area contributed by atoms with E-state index in [0.29, 0.717) is 0 Å². The van der Waals surface area contributed by atoms with Gasteiger partial charge in [0.05, 0.1) is 7.11 Å².